The lowest BCUT2D eigenvalue weighted by atomic mass is 9.98. The maximum atomic E-state index is 13.6. The van der Waals surface area contributed by atoms with Crippen LogP contribution < -0.4 is 5.32 Å². The smallest absolute Gasteiger partial charge is 0.221 e. The van der Waals surface area contributed by atoms with Gasteiger partial charge in [0.2, 0.25) is 5.91 Å². The molecule has 0 aliphatic carbocycles. The first kappa shape index (κ1) is 20.8. The molecule has 2 unspecified atom stereocenters. The molecule has 2 atom stereocenters. The Morgan fingerprint density at radius 1 is 1.23 bits per heavy atom. The Labute approximate surface area is 155 Å². The van der Waals surface area contributed by atoms with Crippen molar-refractivity contribution in [2.75, 3.05) is 18.8 Å². The molecule has 0 bridgehead atoms. The summed E-state index contributed by atoms with van der Waals surface area (Å²) in [5.41, 5.74) is 0.140. The van der Waals surface area contributed by atoms with E-state index in [4.69, 9.17) is 0 Å². The fourth-order valence-corrected chi connectivity index (χ4v) is 4.85. The van der Waals surface area contributed by atoms with Gasteiger partial charge < -0.3 is 5.32 Å². The van der Waals surface area contributed by atoms with Gasteiger partial charge in [-0.3, -0.25) is 9.69 Å². The number of carbonyl (C=O) groups is 1. The molecular weight excluding hydrogens is 355 g/mol. The van der Waals surface area contributed by atoms with Crippen molar-refractivity contribution in [2.45, 2.75) is 57.4 Å². The zero-order chi connectivity index (χ0) is 19.2. The summed E-state index contributed by atoms with van der Waals surface area (Å²) in [6.07, 6.45) is 3.49. The fourth-order valence-electron chi connectivity index (χ4n) is 3.50. The Bertz CT molecular complexity index is 698. The van der Waals surface area contributed by atoms with Crippen LogP contribution >= 0.6 is 0 Å². The zero-order valence-corrected chi connectivity index (χ0v) is 16.4. The van der Waals surface area contributed by atoms with Gasteiger partial charge in [0.25, 0.3) is 0 Å². The van der Waals surface area contributed by atoms with E-state index in [-0.39, 0.29) is 29.4 Å². The van der Waals surface area contributed by atoms with Gasteiger partial charge in [-0.1, -0.05) is 24.6 Å². The molecule has 0 spiro atoms. The van der Waals surface area contributed by atoms with Crippen LogP contribution in [-0.2, 0) is 20.4 Å². The van der Waals surface area contributed by atoms with Gasteiger partial charge in [-0.15, -0.1) is 0 Å². The standard InChI is InChI=1S/C19H29FN2O3S/c1-15-6-5-7-16(2)22(15)12-11-21-19(23)10-13-26(24,25)14-17-8-3-4-9-18(17)20/h3-4,8-9,15-16H,5-7,10-14H2,1-2H3,(H,21,23). The van der Waals surface area contributed by atoms with Crippen molar-refractivity contribution >= 4 is 15.7 Å². The van der Waals surface area contributed by atoms with Gasteiger partial charge in [-0.05, 0) is 32.8 Å². The van der Waals surface area contributed by atoms with Crippen LogP contribution in [0.1, 0.15) is 45.1 Å². The lowest BCUT2D eigenvalue weighted by Crippen LogP contribution is -2.47. The number of hydrogen-bond donors (Lipinski definition) is 1. The molecule has 1 heterocycles. The van der Waals surface area contributed by atoms with E-state index >= 15 is 0 Å². The van der Waals surface area contributed by atoms with E-state index in [1.807, 2.05) is 0 Å². The van der Waals surface area contributed by atoms with Gasteiger partial charge in [0.15, 0.2) is 9.84 Å². The van der Waals surface area contributed by atoms with Crippen molar-refractivity contribution in [1.82, 2.24) is 10.2 Å². The van der Waals surface area contributed by atoms with Gasteiger partial charge in [0, 0.05) is 37.2 Å². The third kappa shape index (κ3) is 6.36. The second kappa shape index (κ2) is 9.46. The van der Waals surface area contributed by atoms with Crippen molar-refractivity contribution in [1.29, 1.82) is 0 Å². The number of halogens is 1. The summed E-state index contributed by atoms with van der Waals surface area (Å²) in [6, 6.07) is 6.83. The van der Waals surface area contributed by atoms with Crippen molar-refractivity contribution in [3.63, 3.8) is 0 Å². The summed E-state index contributed by atoms with van der Waals surface area (Å²) < 4.78 is 37.8. The van der Waals surface area contributed by atoms with Crippen LogP contribution in [0.4, 0.5) is 4.39 Å². The number of carbonyl (C=O) groups excluding carboxylic acids is 1. The molecule has 0 aromatic heterocycles. The van der Waals surface area contributed by atoms with Crippen LogP contribution in [0.5, 0.6) is 0 Å². The summed E-state index contributed by atoms with van der Waals surface area (Å²) in [4.78, 5) is 14.3. The van der Waals surface area contributed by atoms with Crippen LogP contribution in [0.25, 0.3) is 0 Å². The predicted molar refractivity (Wildman–Crippen MR) is 101 cm³/mol. The first-order valence-electron chi connectivity index (χ1n) is 9.25. The second-order valence-corrected chi connectivity index (χ2v) is 9.33. The predicted octanol–water partition coefficient (Wildman–Crippen LogP) is 2.51. The molecule has 1 aromatic rings. The number of piperidine rings is 1. The summed E-state index contributed by atoms with van der Waals surface area (Å²) in [7, 11) is -3.53. The molecule has 1 aliphatic heterocycles. The third-order valence-corrected chi connectivity index (χ3v) is 6.62. The van der Waals surface area contributed by atoms with Crippen molar-refractivity contribution < 1.29 is 17.6 Å². The van der Waals surface area contributed by atoms with Crippen LogP contribution in [0.2, 0.25) is 0 Å². The van der Waals surface area contributed by atoms with E-state index in [9.17, 15) is 17.6 Å². The normalized spacial score (nSPS) is 21.5. The number of nitrogens with zero attached hydrogens (tertiary/aromatic N) is 1. The maximum Gasteiger partial charge on any atom is 0.221 e. The molecule has 5 nitrogen and oxygen atoms in total. The summed E-state index contributed by atoms with van der Waals surface area (Å²) in [5.74, 6) is -1.47. The summed E-state index contributed by atoms with van der Waals surface area (Å²) in [5, 5.41) is 2.80. The van der Waals surface area contributed by atoms with Crippen molar-refractivity contribution in [2.24, 2.45) is 0 Å². The molecular formula is C19H29FN2O3S. The number of likely N-dealkylation sites (tertiary alicyclic amines) is 1. The summed E-state index contributed by atoms with van der Waals surface area (Å²) in [6.45, 7) is 5.69. The van der Waals surface area contributed by atoms with E-state index < -0.39 is 15.7 Å². The van der Waals surface area contributed by atoms with Crippen molar-refractivity contribution in [3.8, 4) is 0 Å². The highest BCUT2D eigenvalue weighted by Crippen LogP contribution is 2.21. The number of sulfone groups is 1. The summed E-state index contributed by atoms with van der Waals surface area (Å²) >= 11 is 0. The van der Waals surface area contributed by atoms with E-state index in [1.165, 1.54) is 37.5 Å². The molecule has 2 rings (SSSR count). The van der Waals surface area contributed by atoms with Gasteiger partial charge in [-0.2, -0.15) is 0 Å². The van der Waals surface area contributed by atoms with Crippen molar-refractivity contribution in [3.05, 3.63) is 35.6 Å². The first-order valence-corrected chi connectivity index (χ1v) is 11.1. The Balaban J connectivity index is 1.73. The Hall–Kier alpha value is -1.47. The molecule has 26 heavy (non-hydrogen) atoms. The van der Waals surface area contributed by atoms with E-state index in [2.05, 4.69) is 24.1 Å². The maximum absolute atomic E-state index is 13.6. The molecule has 1 N–H and O–H groups in total. The number of amides is 1. The minimum absolute atomic E-state index is 0.0953. The molecule has 1 aromatic carbocycles. The topological polar surface area (TPSA) is 66.5 Å². The van der Waals surface area contributed by atoms with Gasteiger partial charge in [0.05, 0.1) is 11.5 Å². The first-order chi connectivity index (χ1) is 12.3. The number of rotatable bonds is 8. The molecule has 0 saturated carbocycles. The molecule has 146 valence electrons. The molecule has 1 amide bonds. The monoisotopic (exact) mass is 384 g/mol. The van der Waals surface area contributed by atoms with Gasteiger partial charge >= 0.3 is 0 Å². The Morgan fingerprint density at radius 3 is 2.54 bits per heavy atom. The van der Waals surface area contributed by atoms with Crippen LogP contribution in [0.3, 0.4) is 0 Å². The average molecular weight is 385 g/mol. The Kier molecular flexibility index (Phi) is 7.58. The number of nitrogens with one attached hydrogen (secondary N) is 1. The highest BCUT2D eigenvalue weighted by Gasteiger charge is 2.24. The highest BCUT2D eigenvalue weighted by atomic mass is 32.2. The lowest BCUT2D eigenvalue weighted by molar-refractivity contribution is -0.120. The fraction of sp³-hybridized carbons (Fsp3) is 0.632. The Morgan fingerprint density at radius 2 is 1.88 bits per heavy atom. The zero-order valence-electron chi connectivity index (χ0n) is 15.6. The van der Waals surface area contributed by atoms with Gasteiger partial charge in [-0.25, -0.2) is 12.8 Å². The second-order valence-electron chi connectivity index (χ2n) is 7.15. The van der Waals surface area contributed by atoms with E-state index in [1.54, 1.807) is 6.07 Å². The van der Waals surface area contributed by atoms with E-state index in [0.29, 0.717) is 18.6 Å². The molecule has 0 radical (unpaired) electrons. The minimum Gasteiger partial charge on any atom is -0.355 e. The largest absolute Gasteiger partial charge is 0.355 e. The average Bonchev–Trinajstić information content (AvgIpc) is 2.58. The van der Waals surface area contributed by atoms with E-state index in [0.717, 1.165) is 6.54 Å². The molecule has 1 fully saturated rings. The van der Waals surface area contributed by atoms with Crippen LogP contribution in [0, 0.1) is 5.82 Å². The van der Waals surface area contributed by atoms with Crippen LogP contribution in [-0.4, -0.2) is 50.2 Å². The minimum atomic E-state index is -3.53. The molecule has 7 heteroatoms. The quantitative estimate of drug-likeness (QED) is 0.748. The third-order valence-electron chi connectivity index (χ3n) is 5.04. The molecule has 1 saturated heterocycles. The number of hydrogen-bond acceptors (Lipinski definition) is 4. The SMILES string of the molecule is CC1CCCC(C)N1CCNC(=O)CCS(=O)(=O)Cc1ccccc1F. The van der Waals surface area contributed by atoms with Gasteiger partial charge in [0.1, 0.15) is 5.82 Å². The highest BCUT2D eigenvalue weighted by molar-refractivity contribution is 7.90. The number of benzene rings is 1. The molecule has 1 aliphatic rings. The lowest BCUT2D eigenvalue weighted by Gasteiger charge is -2.39. The van der Waals surface area contributed by atoms with Crippen LogP contribution in [0.15, 0.2) is 24.3 Å².